The molecular formula is C16H18N2O3. The average Bonchev–Trinajstić information content (AvgIpc) is 2.50. The van der Waals surface area contributed by atoms with Crippen LogP contribution in [-0.4, -0.2) is 20.2 Å². The monoisotopic (exact) mass is 286 g/mol. The van der Waals surface area contributed by atoms with E-state index in [1.807, 2.05) is 25.1 Å². The summed E-state index contributed by atoms with van der Waals surface area (Å²) in [6.45, 7) is 1.96. The Morgan fingerprint density at radius 3 is 2.48 bits per heavy atom. The number of carbonyl (C=O) groups excluding carboxylic acids is 1. The molecule has 0 aliphatic carbocycles. The van der Waals surface area contributed by atoms with Crippen molar-refractivity contribution in [2.45, 2.75) is 6.92 Å². The van der Waals surface area contributed by atoms with E-state index in [2.05, 4.69) is 5.32 Å². The fraction of sp³-hybridized carbons (Fsp3) is 0.188. The van der Waals surface area contributed by atoms with Crippen molar-refractivity contribution in [1.29, 1.82) is 0 Å². The highest BCUT2D eigenvalue weighted by molar-refractivity contribution is 5.92. The van der Waals surface area contributed by atoms with Crippen LogP contribution in [0.1, 0.15) is 15.9 Å². The van der Waals surface area contributed by atoms with E-state index in [4.69, 9.17) is 15.2 Å². The molecule has 0 aromatic heterocycles. The molecule has 2 aromatic rings. The molecule has 0 atom stereocenters. The largest absolute Gasteiger partial charge is 0.497 e. The molecule has 0 saturated carbocycles. The van der Waals surface area contributed by atoms with E-state index in [-0.39, 0.29) is 0 Å². The Kier molecular flexibility index (Phi) is 4.33. The van der Waals surface area contributed by atoms with Gasteiger partial charge in [-0.05, 0) is 48.9 Å². The standard InChI is InChI=1S/C16H18N2O3/c1-10-8-12(20-2)5-7-14(10)18-15-9-11(16(19)21-3)4-6-13(15)17/h4-9,18H,17H2,1-3H3. The molecule has 0 aliphatic heterocycles. The lowest BCUT2D eigenvalue weighted by Gasteiger charge is -2.13. The van der Waals surface area contributed by atoms with E-state index >= 15 is 0 Å². The number of anilines is 3. The number of ether oxygens (including phenoxy) is 2. The zero-order valence-corrected chi connectivity index (χ0v) is 12.3. The van der Waals surface area contributed by atoms with Crippen LogP contribution >= 0.6 is 0 Å². The van der Waals surface area contributed by atoms with Gasteiger partial charge in [-0.3, -0.25) is 0 Å². The van der Waals surface area contributed by atoms with Gasteiger partial charge in [-0.15, -0.1) is 0 Å². The Bertz CT molecular complexity index is 669. The number of methoxy groups -OCH3 is 2. The second-order valence-electron chi connectivity index (χ2n) is 4.60. The van der Waals surface area contributed by atoms with Crippen molar-refractivity contribution >= 4 is 23.0 Å². The molecule has 3 N–H and O–H groups in total. The average molecular weight is 286 g/mol. The minimum absolute atomic E-state index is 0.399. The van der Waals surface area contributed by atoms with Gasteiger partial charge in [0.2, 0.25) is 0 Å². The second kappa shape index (κ2) is 6.17. The molecule has 0 unspecified atom stereocenters. The fourth-order valence-electron chi connectivity index (χ4n) is 1.96. The number of esters is 1. The topological polar surface area (TPSA) is 73.6 Å². The lowest BCUT2D eigenvalue weighted by molar-refractivity contribution is 0.0601. The Hall–Kier alpha value is -2.69. The maximum atomic E-state index is 11.6. The van der Waals surface area contributed by atoms with Crippen molar-refractivity contribution in [2.24, 2.45) is 0 Å². The predicted octanol–water partition coefficient (Wildman–Crippen LogP) is 3.12. The lowest BCUT2D eigenvalue weighted by atomic mass is 10.1. The van der Waals surface area contributed by atoms with Gasteiger partial charge in [0, 0.05) is 5.69 Å². The van der Waals surface area contributed by atoms with Gasteiger partial charge < -0.3 is 20.5 Å². The molecule has 110 valence electrons. The number of nitrogens with two attached hydrogens (primary N) is 1. The molecule has 0 aliphatic rings. The molecule has 0 saturated heterocycles. The highest BCUT2D eigenvalue weighted by atomic mass is 16.5. The molecule has 5 heteroatoms. The molecule has 2 aromatic carbocycles. The van der Waals surface area contributed by atoms with Gasteiger partial charge in [0.25, 0.3) is 0 Å². The normalized spacial score (nSPS) is 10.0. The molecule has 2 rings (SSSR count). The number of aryl methyl sites for hydroxylation is 1. The van der Waals surface area contributed by atoms with Crippen LogP contribution in [0.3, 0.4) is 0 Å². The third kappa shape index (κ3) is 3.25. The van der Waals surface area contributed by atoms with Gasteiger partial charge in [-0.1, -0.05) is 0 Å². The van der Waals surface area contributed by atoms with Crippen LogP contribution in [0.25, 0.3) is 0 Å². The van der Waals surface area contributed by atoms with Crippen LogP contribution in [0.15, 0.2) is 36.4 Å². The molecule has 0 heterocycles. The third-order valence-corrected chi connectivity index (χ3v) is 3.18. The van der Waals surface area contributed by atoms with Gasteiger partial charge in [-0.2, -0.15) is 0 Å². The van der Waals surface area contributed by atoms with Crippen molar-refractivity contribution in [3.8, 4) is 5.75 Å². The highest BCUT2D eigenvalue weighted by Gasteiger charge is 2.09. The second-order valence-corrected chi connectivity index (χ2v) is 4.60. The first-order valence-electron chi connectivity index (χ1n) is 6.44. The molecule has 0 radical (unpaired) electrons. The summed E-state index contributed by atoms with van der Waals surface area (Å²) >= 11 is 0. The molecule has 0 amide bonds. The highest BCUT2D eigenvalue weighted by Crippen LogP contribution is 2.28. The number of hydrogen-bond acceptors (Lipinski definition) is 5. The lowest BCUT2D eigenvalue weighted by Crippen LogP contribution is -2.04. The fourth-order valence-corrected chi connectivity index (χ4v) is 1.96. The smallest absolute Gasteiger partial charge is 0.337 e. The maximum absolute atomic E-state index is 11.6. The summed E-state index contributed by atoms with van der Waals surface area (Å²) in [5.41, 5.74) is 9.51. The van der Waals surface area contributed by atoms with Crippen molar-refractivity contribution < 1.29 is 14.3 Å². The molecule has 0 fully saturated rings. The number of hydrogen-bond donors (Lipinski definition) is 2. The van der Waals surface area contributed by atoms with E-state index in [0.717, 1.165) is 17.0 Å². The summed E-state index contributed by atoms with van der Waals surface area (Å²) in [7, 11) is 2.97. The first-order valence-corrected chi connectivity index (χ1v) is 6.44. The third-order valence-electron chi connectivity index (χ3n) is 3.18. The summed E-state index contributed by atoms with van der Waals surface area (Å²) in [4.78, 5) is 11.6. The van der Waals surface area contributed by atoms with E-state index in [9.17, 15) is 4.79 Å². The Labute approximate surface area is 123 Å². The van der Waals surface area contributed by atoms with E-state index in [0.29, 0.717) is 16.9 Å². The predicted molar refractivity (Wildman–Crippen MR) is 83.2 cm³/mol. The van der Waals surface area contributed by atoms with Crippen molar-refractivity contribution in [3.05, 3.63) is 47.5 Å². The summed E-state index contributed by atoms with van der Waals surface area (Å²) in [6, 6.07) is 10.7. The van der Waals surface area contributed by atoms with Crippen LogP contribution in [0.5, 0.6) is 5.75 Å². The number of nitrogen functional groups attached to an aromatic ring is 1. The molecule has 0 spiro atoms. The zero-order valence-electron chi connectivity index (χ0n) is 12.3. The van der Waals surface area contributed by atoms with E-state index in [1.54, 1.807) is 25.3 Å². The summed E-state index contributed by atoms with van der Waals surface area (Å²) in [5, 5.41) is 3.22. The van der Waals surface area contributed by atoms with Crippen LogP contribution in [-0.2, 0) is 4.74 Å². The summed E-state index contributed by atoms with van der Waals surface area (Å²) in [5.74, 6) is 0.388. The van der Waals surface area contributed by atoms with Crippen molar-refractivity contribution in [2.75, 3.05) is 25.3 Å². The van der Waals surface area contributed by atoms with Crippen molar-refractivity contribution in [3.63, 3.8) is 0 Å². The van der Waals surface area contributed by atoms with Crippen LogP contribution in [0.4, 0.5) is 17.1 Å². The summed E-state index contributed by atoms with van der Waals surface area (Å²) in [6.07, 6.45) is 0. The number of carbonyl (C=O) groups is 1. The zero-order chi connectivity index (χ0) is 15.4. The Balaban J connectivity index is 2.32. The van der Waals surface area contributed by atoms with Gasteiger partial charge >= 0.3 is 5.97 Å². The molecule has 21 heavy (non-hydrogen) atoms. The minimum atomic E-state index is -0.399. The van der Waals surface area contributed by atoms with Gasteiger partial charge in [-0.25, -0.2) is 4.79 Å². The molecule has 5 nitrogen and oxygen atoms in total. The minimum Gasteiger partial charge on any atom is -0.497 e. The molecular weight excluding hydrogens is 268 g/mol. The van der Waals surface area contributed by atoms with Gasteiger partial charge in [0.05, 0.1) is 31.2 Å². The van der Waals surface area contributed by atoms with Gasteiger partial charge in [0.1, 0.15) is 5.75 Å². The number of nitrogens with one attached hydrogen (secondary N) is 1. The summed E-state index contributed by atoms with van der Waals surface area (Å²) < 4.78 is 9.89. The first-order chi connectivity index (χ1) is 10.0. The first kappa shape index (κ1) is 14.7. The quantitative estimate of drug-likeness (QED) is 0.667. The van der Waals surface area contributed by atoms with Crippen LogP contribution < -0.4 is 15.8 Å². The number of benzene rings is 2. The Morgan fingerprint density at radius 2 is 1.86 bits per heavy atom. The Morgan fingerprint density at radius 1 is 1.10 bits per heavy atom. The van der Waals surface area contributed by atoms with E-state index < -0.39 is 5.97 Å². The molecule has 0 bridgehead atoms. The van der Waals surface area contributed by atoms with E-state index in [1.165, 1.54) is 7.11 Å². The van der Waals surface area contributed by atoms with Gasteiger partial charge in [0.15, 0.2) is 0 Å². The van der Waals surface area contributed by atoms with Crippen LogP contribution in [0, 0.1) is 6.92 Å². The number of rotatable bonds is 4. The SMILES string of the molecule is COC(=O)c1ccc(N)c(Nc2ccc(OC)cc2C)c1. The van der Waals surface area contributed by atoms with Crippen molar-refractivity contribution in [1.82, 2.24) is 0 Å². The maximum Gasteiger partial charge on any atom is 0.337 e. The van der Waals surface area contributed by atoms with Crippen LogP contribution in [0.2, 0.25) is 0 Å².